The molecule has 1 aliphatic rings. The lowest BCUT2D eigenvalue weighted by Crippen LogP contribution is -2.41. The van der Waals surface area contributed by atoms with Gasteiger partial charge in [0, 0.05) is 37.8 Å². The lowest BCUT2D eigenvalue weighted by atomic mass is 10.0. The van der Waals surface area contributed by atoms with Crippen LogP contribution in [0.5, 0.6) is 11.5 Å². The molecule has 1 saturated heterocycles. The molecule has 41 heavy (non-hydrogen) atoms. The van der Waals surface area contributed by atoms with Crippen molar-refractivity contribution < 1.29 is 18.9 Å². The lowest BCUT2D eigenvalue weighted by Gasteiger charge is -2.32. The van der Waals surface area contributed by atoms with Gasteiger partial charge in [0.25, 0.3) is 0 Å². The van der Waals surface area contributed by atoms with Crippen molar-refractivity contribution in [3.05, 3.63) is 72.1 Å². The lowest BCUT2D eigenvalue weighted by molar-refractivity contribution is 0.0109. The fourth-order valence-corrected chi connectivity index (χ4v) is 4.53. The summed E-state index contributed by atoms with van der Waals surface area (Å²) >= 11 is 0. The Kier molecular flexibility index (Phi) is 12.3. The van der Waals surface area contributed by atoms with E-state index >= 15 is 0 Å². The molecule has 3 aromatic rings. The van der Waals surface area contributed by atoms with E-state index in [0.29, 0.717) is 68.9 Å². The van der Waals surface area contributed by atoms with Gasteiger partial charge in [-0.25, -0.2) is 9.97 Å². The highest BCUT2D eigenvalue weighted by molar-refractivity contribution is 6.16. The van der Waals surface area contributed by atoms with Gasteiger partial charge in [0.15, 0.2) is 0 Å². The SMILES string of the molecule is N=C(c1ccc(Oc2ccccc2)cc1)c1c(N)ncnc1NC1CCN(CCOCCOCCOCCN)CC1. The van der Waals surface area contributed by atoms with Gasteiger partial charge in [-0.05, 0) is 49.2 Å². The van der Waals surface area contributed by atoms with Crippen LogP contribution < -0.4 is 21.5 Å². The summed E-state index contributed by atoms with van der Waals surface area (Å²) in [5.74, 6) is 2.31. The molecule has 1 fully saturated rings. The van der Waals surface area contributed by atoms with E-state index in [4.69, 9.17) is 35.8 Å². The van der Waals surface area contributed by atoms with E-state index < -0.39 is 0 Å². The molecule has 2 heterocycles. The third-order valence-corrected chi connectivity index (χ3v) is 6.73. The summed E-state index contributed by atoms with van der Waals surface area (Å²) in [6, 6.07) is 17.2. The molecule has 220 valence electrons. The molecule has 0 bridgehead atoms. The zero-order valence-electron chi connectivity index (χ0n) is 23.5. The Morgan fingerprint density at radius 2 is 1.49 bits per heavy atom. The predicted molar refractivity (Wildman–Crippen MR) is 160 cm³/mol. The number of piperidine rings is 1. The van der Waals surface area contributed by atoms with E-state index in [9.17, 15) is 0 Å². The monoisotopic (exact) mass is 563 g/mol. The maximum Gasteiger partial charge on any atom is 0.141 e. The van der Waals surface area contributed by atoms with Crippen molar-refractivity contribution in [3.63, 3.8) is 0 Å². The second-order valence-electron chi connectivity index (χ2n) is 9.68. The van der Waals surface area contributed by atoms with Crippen LogP contribution in [0.1, 0.15) is 24.0 Å². The minimum absolute atomic E-state index is 0.226. The van der Waals surface area contributed by atoms with Crippen molar-refractivity contribution in [3.8, 4) is 11.5 Å². The Morgan fingerprint density at radius 1 is 0.854 bits per heavy atom. The molecule has 0 saturated carbocycles. The van der Waals surface area contributed by atoms with Crippen molar-refractivity contribution in [2.45, 2.75) is 18.9 Å². The number of aromatic nitrogens is 2. The first kappa shape index (κ1) is 30.4. The van der Waals surface area contributed by atoms with Crippen LogP contribution in [0.15, 0.2) is 60.9 Å². The molecular formula is C30H41N7O4. The molecule has 0 aliphatic carbocycles. The summed E-state index contributed by atoms with van der Waals surface area (Å²) in [6.07, 6.45) is 3.34. The molecular weight excluding hydrogens is 522 g/mol. The summed E-state index contributed by atoms with van der Waals surface area (Å²) in [7, 11) is 0. The Morgan fingerprint density at radius 3 is 2.17 bits per heavy atom. The number of nitrogens with one attached hydrogen (secondary N) is 2. The summed E-state index contributed by atoms with van der Waals surface area (Å²) in [5, 5.41) is 12.4. The summed E-state index contributed by atoms with van der Waals surface area (Å²) < 4.78 is 22.3. The van der Waals surface area contributed by atoms with E-state index in [-0.39, 0.29) is 17.6 Å². The highest BCUT2D eigenvalue weighted by atomic mass is 16.5. The number of nitrogens with zero attached hydrogens (tertiary/aromatic N) is 3. The van der Waals surface area contributed by atoms with Crippen LogP contribution >= 0.6 is 0 Å². The molecule has 11 heteroatoms. The van der Waals surface area contributed by atoms with E-state index in [1.807, 2.05) is 54.6 Å². The van der Waals surface area contributed by atoms with Gasteiger partial charge in [0.05, 0.1) is 50.9 Å². The van der Waals surface area contributed by atoms with Gasteiger partial charge in [0.1, 0.15) is 29.5 Å². The van der Waals surface area contributed by atoms with Crippen LogP contribution in [0.25, 0.3) is 0 Å². The van der Waals surface area contributed by atoms with Gasteiger partial charge >= 0.3 is 0 Å². The van der Waals surface area contributed by atoms with Crippen LogP contribution in [0.2, 0.25) is 0 Å². The van der Waals surface area contributed by atoms with E-state index in [1.54, 1.807) is 0 Å². The second-order valence-corrected chi connectivity index (χ2v) is 9.68. The Bertz CT molecular complexity index is 1190. The number of hydrogen-bond donors (Lipinski definition) is 4. The molecule has 0 radical (unpaired) electrons. The Hall–Kier alpha value is -3.61. The highest BCUT2D eigenvalue weighted by Gasteiger charge is 2.23. The maximum atomic E-state index is 8.89. The number of anilines is 2. The number of nitrogens with two attached hydrogens (primary N) is 2. The zero-order valence-corrected chi connectivity index (χ0v) is 23.5. The van der Waals surface area contributed by atoms with E-state index in [2.05, 4.69) is 20.2 Å². The maximum absolute atomic E-state index is 8.89. The standard InChI is InChI=1S/C30H41N7O4/c31-12-16-38-18-20-40-21-19-39-17-15-37-13-10-24(11-14-37)36-30-27(29(33)34-22-35-30)28(32)23-6-8-26(9-7-23)41-25-4-2-1-3-5-25/h1-9,22,24,32H,10-21,31H2,(H3,33,34,35,36). The van der Waals surface area contributed by atoms with Gasteiger partial charge in [-0.2, -0.15) is 0 Å². The highest BCUT2D eigenvalue weighted by Crippen LogP contribution is 2.26. The van der Waals surface area contributed by atoms with Crippen molar-refractivity contribution in [1.82, 2.24) is 14.9 Å². The number of para-hydroxylation sites is 1. The van der Waals surface area contributed by atoms with Crippen molar-refractivity contribution in [1.29, 1.82) is 5.41 Å². The first-order chi connectivity index (χ1) is 20.1. The van der Waals surface area contributed by atoms with Gasteiger partial charge in [0.2, 0.25) is 0 Å². The van der Waals surface area contributed by atoms with Crippen LogP contribution in [0, 0.1) is 5.41 Å². The zero-order chi connectivity index (χ0) is 28.7. The predicted octanol–water partition coefficient (Wildman–Crippen LogP) is 3.15. The molecule has 0 amide bonds. The van der Waals surface area contributed by atoms with E-state index in [1.165, 1.54) is 6.33 Å². The van der Waals surface area contributed by atoms with Crippen molar-refractivity contribution >= 4 is 17.3 Å². The normalized spacial score (nSPS) is 14.2. The first-order valence-corrected chi connectivity index (χ1v) is 14.1. The third-order valence-electron chi connectivity index (χ3n) is 6.73. The van der Waals surface area contributed by atoms with E-state index in [0.717, 1.165) is 38.2 Å². The molecule has 11 nitrogen and oxygen atoms in total. The van der Waals surface area contributed by atoms with Gasteiger partial charge in [-0.1, -0.05) is 18.2 Å². The average molecular weight is 564 g/mol. The van der Waals surface area contributed by atoms with Crippen LogP contribution in [-0.4, -0.2) is 92.4 Å². The van der Waals surface area contributed by atoms with Gasteiger partial charge in [-0.3, -0.25) is 5.41 Å². The third kappa shape index (κ3) is 9.76. The average Bonchev–Trinajstić information content (AvgIpc) is 3.00. The number of ether oxygens (including phenoxy) is 4. The quantitative estimate of drug-likeness (QED) is 0.142. The molecule has 1 aliphatic heterocycles. The van der Waals surface area contributed by atoms with Gasteiger partial charge < -0.3 is 40.6 Å². The fraction of sp³-hybridized carbons (Fsp3) is 0.433. The molecule has 0 atom stereocenters. The minimum atomic E-state index is 0.226. The van der Waals surface area contributed by atoms with Crippen LogP contribution in [-0.2, 0) is 14.2 Å². The molecule has 1 aromatic heterocycles. The number of likely N-dealkylation sites (tertiary alicyclic amines) is 1. The summed E-state index contributed by atoms with van der Waals surface area (Å²) in [5.41, 5.74) is 13.1. The Balaban J connectivity index is 1.21. The number of hydrogen-bond acceptors (Lipinski definition) is 11. The first-order valence-electron chi connectivity index (χ1n) is 14.1. The summed E-state index contributed by atoms with van der Waals surface area (Å²) in [6.45, 7) is 6.78. The van der Waals surface area contributed by atoms with Crippen LogP contribution in [0.4, 0.5) is 11.6 Å². The van der Waals surface area contributed by atoms with Crippen molar-refractivity contribution in [2.75, 3.05) is 76.9 Å². The van der Waals surface area contributed by atoms with Gasteiger partial charge in [-0.15, -0.1) is 0 Å². The van der Waals surface area contributed by atoms with Crippen molar-refractivity contribution in [2.24, 2.45) is 5.73 Å². The topological polar surface area (TPSA) is 154 Å². The smallest absolute Gasteiger partial charge is 0.141 e. The minimum Gasteiger partial charge on any atom is -0.457 e. The molecule has 4 rings (SSSR count). The fourth-order valence-electron chi connectivity index (χ4n) is 4.53. The molecule has 0 spiro atoms. The molecule has 2 aromatic carbocycles. The number of benzene rings is 2. The molecule has 6 N–H and O–H groups in total. The second kappa shape index (κ2) is 16.6. The number of nitrogen functional groups attached to an aromatic ring is 1. The Labute approximate surface area is 241 Å². The molecule has 0 unspecified atom stereocenters. The largest absolute Gasteiger partial charge is 0.457 e. The number of rotatable bonds is 17. The van der Waals surface area contributed by atoms with Crippen LogP contribution in [0.3, 0.4) is 0 Å². The summed E-state index contributed by atoms with van der Waals surface area (Å²) in [4.78, 5) is 11.0.